The quantitative estimate of drug-likeness (QED) is 0.370. The van der Waals surface area contributed by atoms with E-state index in [1.165, 1.54) is 0 Å². The van der Waals surface area contributed by atoms with Gasteiger partial charge in [0.15, 0.2) is 0 Å². The number of carbonyl (C=O) groups excluding carboxylic acids is 2. The second kappa shape index (κ2) is 12.2. The van der Waals surface area contributed by atoms with Crippen molar-refractivity contribution in [3.63, 3.8) is 0 Å². The van der Waals surface area contributed by atoms with E-state index >= 15 is 0 Å². The molecule has 1 aliphatic heterocycles. The van der Waals surface area contributed by atoms with E-state index in [1.54, 1.807) is 37.2 Å². The van der Waals surface area contributed by atoms with E-state index in [0.29, 0.717) is 36.5 Å². The Bertz CT molecular complexity index is 1250. The van der Waals surface area contributed by atoms with Gasteiger partial charge in [-0.15, -0.1) is 0 Å². The van der Waals surface area contributed by atoms with Crippen LogP contribution in [0, 0.1) is 0 Å². The van der Waals surface area contributed by atoms with E-state index < -0.39 is 17.6 Å². The molecule has 0 bridgehead atoms. The van der Waals surface area contributed by atoms with Crippen LogP contribution in [-0.4, -0.2) is 72.1 Å². The third-order valence-corrected chi connectivity index (χ3v) is 8.09. The largest absolute Gasteiger partial charge is 0.397 e. The highest BCUT2D eigenvalue weighted by atomic mass is 35.5. The highest BCUT2D eigenvalue weighted by Gasteiger charge is 2.45. The molecule has 39 heavy (non-hydrogen) atoms. The fraction of sp³-hybridized carbons (Fsp3) is 0.355. The van der Waals surface area contributed by atoms with Crippen LogP contribution in [0.25, 0.3) is 0 Å². The number of hydrogen-bond donors (Lipinski definition) is 3. The number of piperidine rings is 1. The van der Waals surface area contributed by atoms with Crippen LogP contribution < -0.4 is 11.1 Å². The molecule has 2 amide bonds. The molecule has 1 saturated heterocycles. The number of likely N-dealkylation sites (tertiary alicyclic amines) is 1. The molecule has 1 aliphatic rings. The van der Waals surface area contributed by atoms with Gasteiger partial charge in [-0.25, -0.2) is 0 Å². The molecule has 1 unspecified atom stereocenters. The van der Waals surface area contributed by atoms with Crippen LogP contribution in [0.15, 0.2) is 78.9 Å². The monoisotopic (exact) mass is 548 g/mol. The molecule has 3 aromatic rings. The van der Waals surface area contributed by atoms with Crippen molar-refractivity contribution in [3.8, 4) is 0 Å². The van der Waals surface area contributed by atoms with Gasteiger partial charge in [0.05, 0.1) is 28.4 Å². The second-order valence-electron chi connectivity index (χ2n) is 10.5. The number of rotatable bonds is 8. The molecule has 0 radical (unpaired) electrons. The average Bonchev–Trinajstić information content (AvgIpc) is 2.94. The van der Waals surface area contributed by atoms with E-state index in [9.17, 15) is 14.7 Å². The molecule has 0 aromatic heterocycles. The molecule has 0 saturated carbocycles. The highest BCUT2D eigenvalue weighted by molar-refractivity contribution is 6.33. The third kappa shape index (κ3) is 5.96. The first-order valence-corrected chi connectivity index (χ1v) is 13.6. The minimum Gasteiger partial charge on any atom is -0.397 e. The summed E-state index contributed by atoms with van der Waals surface area (Å²) in [5, 5.41) is 14.3. The van der Waals surface area contributed by atoms with E-state index in [-0.39, 0.29) is 23.5 Å². The number of nitrogens with zero attached hydrogens (tertiary/aromatic N) is 2. The second-order valence-corrected chi connectivity index (χ2v) is 10.9. The maximum absolute atomic E-state index is 14.0. The summed E-state index contributed by atoms with van der Waals surface area (Å²) in [7, 11) is 3.58. The van der Waals surface area contributed by atoms with E-state index in [1.807, 2.05) is 60.7 Å². The fourth-order valence-electron chi connectivity index (χ4n) is 5.64. The van der Waals surface area contributed by atoms with Gasteiger partial charge in [0.25, 0.3) is 5.91 Å². The molecule has 1 heterocycles. The summed E-state index contributed by atoms with van der Waals surface area (Å²) in [5.41, 5.74) is 7.48. The van der Waals surface area contributed by atoms with Crippen LogP contribution in [0.2, 0.25) is 5.02 Å². The van der Waals surface area contributed by atoms with E-state index in [4.69, 9.17) is 17.3 Å². The Kier molecular flexibility index (Phi) is 8.95. The normalized spacial score (nSPS) is 18.8. The lowest BCUT2D eigenvalue weighted by Crippen LogP contribution is -2.57. The average molecular weight is 549 g/mol. The van der Waals surface area contributed by atoms with Crippen molar-refractivity contribution in [1.29, 1.82) is 0 Å². The van der Waals surface area contributed by atoms with Gasteiger partial charge in [0, 0.05) is 33.2 Å². The minimum atomic E-state index is -0.897. The van der Waals surface area contributed by atoms with Crippen LogP contribution >= 0.6 is 11.6 Å². The Morgan fingerprint density at radius 3 is 2.18 bits per heavy atom. The van der Waals surface area contributed by atoms with Gasteiger partial charge >= 0.3 is 0 Å². The first kappa shape index (κ1) is 28.6. The number of likely N-dealkylation sites (N-methyl/N-ethyl adjacent to an activating group) is 1. The molecular weight excluding hydrogens is 512 g/mol. The van der Waals surface area contributed by atoms with Gasteiger partial charge in [-0.1, -0.05) is 78.3 Å². The molecule has 3 aromatic carbocycles. The van der Waals surface area contributed by atoms with Crippen LogP contribution in [-0.2, 0) is 10.2 Å². The van der Waals surface area contributed by atoms with Crippen molar-refractivity contribution in [2.45, 2.75) is 43.4 Å². The smallest absolute Gasteiger partial charge is 0.253 e. The predicted molar refractivity (Wildman–Crippen MR) is 156 cm³/mol. The molecule has 4 N–H and O–H groups in total. The molecule has 0 spiro atoms. The number of hydrogen-bond acceptors (Lipinski definition) is 5. The molecule has 3 atom stereocenters. The van der Waals surface area contributed by atoms with Gasteiger partial charge in [-0.2, -0.15) is 0 Å². The Hall–Kier alpha value is -3.39. The van der Waals surface area contributed by atoms with Crippen molar-refractivity contribution in [3.05, 3.63) is 101 Å². The standard InChI is InChI=1S/C31H37ClN4O3/c1-21(36-18-17-26(27(37)20-36)34-29(38)24-15-10-16-25(32)28(24)33)19-31(30(39)35(2)3,22-11-6-4-7-12-22)23-13-8-5-9-14-23/h4-16,21,26-27,37H,17-20,33H2,1-3H3,(H,34,38)/t21?,26-,27-/m1/s1. The molecule has 206 valence electrons. The zero-order valence-electron chi connectivity index (χ0n) is 22.7. The number of aliphatic hydroxyl groups is 1. The summed E-state index contributed by atoms with van der Waals surface area (Å²) in [6.07, 6.45) is 0.307. The maximum Gasteiger partial charge on any atom is 0.253 e. The Labute approximate surface area is 235 Å². The van der Waals surface area contributed by atoms with E-state index in [0.717, 1.165) is 11.1 Å². The minimum absolute atomic E-state index is 0.00792. The summed E-state index contributed by atoms with van der Waals surface area (Å²) in [6.45, 7) is 3.12. The van der Waals surface area contributed by atoms with Crippen molar-refractivity contribution < 1.29 is 14.7 Å². The Balaban J connectivity index is 1.55. The molecule has 8 heteroatoms. The Morgan fingerprint density at radius 2 is 1.64 bits per heavy atom. The first-order valence-electron chi connectivity index (χ1n) is 13.2. The van der Waals surface area contributed by atoms with Gasteiger partial charge in [0.1, 0.15) is 5.41 Å². The molecular formula is C31H37ClN4O3. The lowest BCUT2D eigenvalue weighted by atomic mass is 9.69. The number of nitrogens with one attached hydrogen (secondary N) is 1. The molecule has 4 rings (SSSR count). The van der Waals surface area contributed by atoms with Gasteiger partial charge in [-0.3, -0.25) is 14.5 Å². The highest BCUT2D eigenvalue weighted by Crippen LogP contribution is 2.40. The summed E-state index contributed by atoms with van der Waals surface area (Å²) >= 11 is 6.08. The number of nitrogens with two attached hydrogens (primary N) is 1. The molecule has 0 aliphatic carbocycles. The first-order chi connectivity index (χ1) is 18.6. The van der Waals surface area contributed by atoms with Crippen molar-refractivity contribution in [2.24, 2.45) is 0 Å². The summed E-state index contributed by atoms with van der Waals surface area (Å²) in [5.74, 6) is -0.349. The van der Waals surface area contributed by atoms with Crippen LogP contribution in [0.5, 0.6) is 0 Å². The van der Waals surface area contributed by atoms with Gasteiger partial charge < -0.3 is 21.1 Å². The number of nitrogen functional groups attached to an aromatic ring is 1. The third-order valence-electron chi connectivity index (χ3n) is 7.76. The lowest BCUT2D eigenvalue weighted by Gasteiger charge is -2.44. The zero-order chi connectivity index (χ0) is 28.2. The summed E-state index contributed by atoms with van der Waals surface area (Å²) in [6, 6.07) is 24.3. The van der Waals surface area contributed by atoms with Crippen LogP contribution in [0.4, 0.5) is 5.69 Å². The number of amides is 2. The van der Waals surface area contributed by atoms with Gasteiger partial charge in [-0.05, 0) is 43.0 Å². The van der Waals surface area contributed by atoms with Crippen molar-refractivity contribution in [1.82, 2.24) is 15.1 Å². The zero-order valence-corrected chi connectivity index (χ0v) is 23.4. The number of para-hydroxylation sites is 1. The fourth-order valence-corrected chi connectivity index (χ4v) is 5.82. The number of carbonyl (C=O) groups is 2. The topological polar surface area (TPSA) is 98.9 Å². The molecule has 7 nitrogen and oxygen atoms in total. The Morgan fingerprint density at radius 1 is 1.05 bits per heavy atom. The predicted octanol–water partition coefficient (Wildman–Crippen LogP) is 3.94. The SMILES string of the molecule is CC(CC(C(=O)N(C)C)(c1ccccc1)c1ccccc1)N1CC[C@@H](NC(=O)c2cccc(Cl)c2N)[C@H](O)C1. The van der Waals surface area contributed by atoms with E-state index in [2.05, 4.69) is 17.1 Å². The lowest BCUT2D eigenvalue weighted by molar-refractivity contribution is -0.134. The number of benzene rings is 3. The van der Waals surface area contributed by atoms with Crippen molar-refractivity contribution >= 4 is 29.1 Å². The van der Waals surface area contributed by atoms with Crippen molar-refractivity contribution in [2.75, 3.05) is 32.9 Å². The van der Waals surface area contributed by atoms with Crippen LogP contribution in [0.3, 0.4) is 0 Å². The molecule has 1 fully saturated rings. The number of halogens is 1. The maximum atomic E-state index is 14.0. The number of β-amino-alcohol motifs (C(OH)–C–C–N with tert-alkyl or cyclic N) is 1. The number of anilines is 1. The van der Waals surface area contributed by atoms with Crippen LogP contribution in [0.1, 0.15) is 41.3 Å². The van der Waals surface area contributed by atoms with Gasteiger partial charge in [0.2, 0.25) is 5.91 Å². The summed E-state index contributed by atoms with van der Waals surface area (Å²) < 4.78 is 0. The summed E-state index contributed by atoms with van der Waals surface area (Å²) in [4.78, 5) is 30.7. The number of aliphatic hydroxyl groups excluding tert-OH is 1.